The monoisotopic (exact) mass is 464 g/mol. The Morgan fingerprint density at radius 3 is 2.23 bits per heavy atom. The molecule has 0 radical (unpaired) electrons. The lowest BCUT2D eigenvalue weighted by Crippen LogP contribution is -2.17. The maximum absolute atomic E-state index is 5.87. The van der Waals surface area contributed by atoms with Crippen molar-refractivity contribution in [3.63, 3.8) is 0 Å². The van der Waals surface area contributed by atoms with Crippen molar-refractivity contribution in [3.8, 4) is 5.75 Å². The van der Waals surface area contributed by atoms with E-state index in [4.69, 9.17) is 10.5 Å². The fourth-order valence-corrected chi connectivity index (χ4v) is 3.08. The van der Waals surface area contributed by atoms with Crippen LogP contribution in [-0.4, -0.2) is 26.2 Å². The van der Waals surface area contributed by atoms with Crippen molar-refractivity contribution in [1.82, 2.24) is 5.32 Å². The van der Waals surface area contributed by atoms with Crippen LogP contribution in [0.4, 0.5) is 0 Å². The zero-order chi connectivity index (χ0) is 17.0. The molecule has 0 bridgehead atoms. The normalized spacial score (nSPS) is 10.2. The van der Waals surface area contributed by atoms with E-state index in [1.54, 1.807) is 0 Å². The van der Waals surface area contributed by atoms with E-state index in [0.717, 1.165) is 55.7 Å². The van der Waals surface area contributed by atoms with Crippen LogP contribution in [0.5, 0.6) is 5.75 Å². The number of nitrogens with one attached hydrogen (secondary N) is 1. The smallest absolute Gasteiger partial charge is 0.119 e. The summed E-state index contributed by atoms with van der Waals surface area (Å²) in [4.78, 5) is 0. The molecule has 2 aromatic rings. The number of halogens is 3. The van der Waals surface area contributed by atoms with Gasteiger partial charge in [-0.25, -0.2) is 0 Å². The van der Waals surface area contributed by atoms with Crippen LogP contribution in [0.25, 0.3) is 10.8 Å². The summed E-state index contributed by atoms with van der Waals surface area (Å²) in [7, 11) is 0. The van der Waals surface area contributed by atoms with Gasteiger partial charge in [0.1, 0.15) is 5.75 Å². The van der Waals surface area contributed by atoms with Crippen LogP contribution in [0, 0.1) is 0 Å². The fraction of sp³-hybridized carbons (Fsp3) is 0.500. The molecule has 0 aromatic heterocycles. The lowest BCUT2D eigenvalue weighted by molar-refractivity contribution is 0.306. The van der Waals surface area contributed by atoms with E-state index in [1.165, 1.54) is 30.0 Å². The summed E-state index contributed by atoms with van der Waals surface area (Å²) in [5.74, 6) is 0.956. The minimum atomic E-state index is 0. The van der Waals surface area contributed by atoms with Crippen molar-refractivity contribution in [2.75, 3.05) is 26.2 Å². The number of nitrogens with two attached hydrogens (primary N) is 1. The maximum atomic E-state index is 5.87. The van der Waals surface area contributed by atoms with Crippen LogP contribution >= 0.6 is 40.7 Å². The van der Waals surface area contributed by atoms with Gasteiger partial charge >= 0.3 is 0 Å². The van der Waals surface area contributed by atoms with Gasteiger partial charge in [-0.1, -0.05) is 40.9 Å². The minimum Gasteiger partial charge on any atom is -0.494 e. The second kappa shape index (κ2) is 15.5. The van der Waals surface area contributed by atoms with E-state index in [0.29, 0.717) is 0 Å². The van der Waals surface area contributed by atoms with Gasteiger partial charge in [0, 0.05) is 4.47 Å². The van der Waals surface area contributed by atoms with E-state index in [9.17, 15) is 0 Å². The summed E-state index contributed by atoms with van der Waals surface area (Å²) < 4.78 is 6.97. The summed E-state index contributed by atoms with van der Waals surface area (Å²) in [5.41, 5.74) is 5.48. The molecule has 26 heavy (non-hydrogen) atoms. The average molecular weight is 466 g/mol. The summed E-state index contributed by atoms with van der Waals surface area (Å²) in [6.07, 6.45) is 7.19. The minimum absolute atomic E-state index is 0. The van der Waals surface area contributed by atoms with Gasteiger partial charge in [0.05, 0.1) is 6.61 Å². The molecule has 0 amide bonds. The van der Waals surface area contributed by atoms with Gasteiger partial charge in [-0.3, -0.25) is 0 Å². The fourth-order valence-electron chi connectivity index (χ4n) is 2.70. The Morgan fingerprint density at radius 1 is 0.808 bits per heavy atom. The van der Waals surface area contributed by atoms with Gasteiger partial charge in [0.15, 0.2) is 0 Å². The number of hydrogen-bond donors (Lipinski definition) is 2. The average Bonchev–Trinajstić information content (AvgIpc) is 2.59. The van der Waals surface area contributed by atoms with E-state index >= 15 is 0 Å². The molecule has 2 aromatic carbocycles. The molecule has 0 atom stereocenters. The number of fused-ring (bicyclic) bond motifs is 1. The third-order valence-electron chi connectivity index (χ3n) is 4.10. The standard InChI is InChI=1S/C20H29BrN2O.2ClH/c21-19-9-7-18-16-20(10-8-17(18)15-19)24-14-6-5-13-23-12-4-2-1-3-11-22;;/h7-10,15-16,23H,1-6,11-14,22H2;2*1H. The SMILES string of the molecule is Cl.Cl.NCCCCCCNCCCCOc1ccc2cc(Br)ccc2c1. The summed E-state index contributed by atoms with van der Waals surface area (Å²) in [6.45, 7) is 3.79. The lowest BCUT2D eigenvalue weighted by atomic mass is 10.1. The van der Waals surface area contributed by atoms with E-state index in [1.807, 2.05) is 6.07 Å². The molecule has 0 spiro atoms. The molecule has 148 valence electrons. The van der Waals surface area contributed by atoms with Crippen molar-refractivity contribution in [2.24, 2.45) is 5.73 Å². The predicted octanol–water partition coefficient (Wildman–Crippen LogP) is 5.71. The van der Waals surface area contributed by atoms with Crippen molar-refractivity contribution in [1.29, 1.82) is 0 Å². The Hall–Kier alpha value is -0.520. The molecule has 0 aliphatic heterocycles. The number of benzene rings is 2. The van der Waals surface area contributed by atoms with Crippen LogP contribution < -0.4 is 15.8 Å². The second-order valence-corrected chi connectivity index (χ2v) is 7.08. The van der Waals surface area contributed by atoms with Gasteiger partial charge in [-0.15, -0.1) is 24.8 Å². The first-order valence-electron chi connectivity index (χ1n) is 9.02. The van der Waals surface area contributed by atoms with Crippen LogP contribution in [0.2, 0.25) is 0 Å². The molecule has 0 saturated carbocycles. The molecule has 2 rings (SSSR count). The van der Waals surface area contributed by atoms with Gasteiger partial charge in [-0.05, 0) is 80.4 Å². The highest BCUT2D eigenvalue weighted by molar-refractivity contribution is 9.10. The summed E-state index contributed by atoms with van der Waals surface area (Å²) >= 11 is 3.50. The Labute approximate surface area is 178 Å². The molecular formula is C20H31BrCl2N2O. The lowest BCUT2D eigenvalue weighted by Gasteiger charge is -2.08. The van der Waals surface area contributed by atoms with E-state index in [2.05, 4.69) is 51.6 Å². The molecule has 3 N–H and O–H groups in total. The Morgan fingerprint density at radius 2 is 1.46 bits per heavy atom. The molecule has 0 saturated heterocycles. The van der Waals surface area contributed by atoms with E-state index < -0.39 is 0 Å². The van der Waals surface area contributed by atoms with Crippen molar-refractivity contribution in [3.05, 3.63) is 40.9 Å². The van der Waals surface area contributed by atoms with Gasteiger partial charge < -0.3 is 15.8 Å². The number of hydrogen-bond acceptors (Lipinski definition) is 3. The van der Waals surface area contributed by atoms with Crippen molar-refractivity contribution >= 4 is 51.5 Å². The largest absolute Gasteiger partial charge is 0.494 e. The predicted molar refractivity (Wildman–Crippen MR) is 121 cm³/mol. The first kappa shape index (κ1) is 25.5. The highest BCUT2D eigenvalue weighted by Crippen LogP contribution is 2.24. The summed E-state index contributed by atoms with van der Waals surface area (Å²) in [6, 6.07) is 12.6. The number of rotatable bonds is 12. The zero-order valence-electron chi connectivity index (χ0n) is 15.2. The van der Waals surface area contributed by atoms with Crippen LogP contribution in [0.1, 0.15) is 38.5 Å². The van der Waals surface area contributed by atoms with Gasteiger partial charge in [-0.2, -0.15) is 0 Å². The quantitative estimate of drug-likeness (QED) is 0.394. The van der Waals surface area contributed by atoms with Gasteiger partial charge in [0.25, 0.3) is 0 Å². The molecular weight excluding hydrogens is 435 g/mol. The first-order valence-corrected chi connectivity index (χ1v) is 9.82. The van der Waals surface area contributed by atoms with Gasteiger partial charge in [0.2, 0.25) is 0 Å². The highest BCUT2D eigenvalue weighted by Gasteiger charge is 1.99. The Bertz CT molecular complexity index is 613. The van der Waals surface area contributed by atoms with Crippen LogP contribution in [0.15, 0.2) is 40.9 Å². The zero-order valence-corrected chi connectivity index (χ0v) is 18.4. The third kappa shape index (κ3) is 9.98. The number of ether oxygens (including phenoxy) is 1. The van der Waals surface area contributed by atoms with Crippen molar-refractivity contribution in [2.45, 2.75) is 38.5 Å². The Balaban J connectivity index is 0.00000312. The van der Waals surface area contributed by atoms with Crippen LogP contribution in [0.3, 0.4) is 0 Å². The summed E-state index contributed by atoms with van der Waals surface area (Å²) in [5, 5.41) is 5.94. The molecule has 6 heteroatoms. The third-order valence-corrected chi connectivity index (χ3v) is 4.59. The molecule has 0 heterocycles. The molecule has 0 aliphatic carbocycles. The molecule has 0 aliphatic rings. The van der Waals surface area contributed by atoms with E-state index in [-0.39, 0.29) is 24.8 Å². The second-order valence-electron chi connectivity index (χ2n) is 6.16. The molecule has 3 nitrogen and oxygen atoms in total. The Kier molecular flexibility index (Phi) is 15.2. The van der Waals surface area contributed by atoms with Crippen LogP contribution in [-0.2, 0) is 0 Å². The molecule has 0 unspecified atom stereocenters. The number of unbranched alkanes of at least 4 members (excludes halogenated alkanes) is 4. The topological polar surface area (TPSA) is 47.3 Å². The molecule has 0 fully saturated rings. The highest BCUT2D eigenvalue weighted by atomic mass is 79.9. The first-order chi connectivity index (χ1) is 11.8. The maximum Gasteiger partial charge on any atom is 0.119 e. The van der Waals surface area contributed by atoms with Crippen molar-refractivity contribution < 1.29 is 4.74 Å².